The molecule has 10 heavy (non-hydrogen) atoms. The SMILES string of the molecule is Ic1ccc2ccoc2n1. The quantitative estimate of drug-likeness (QED) is 0.526. The molecular formula is C7H4INO. The van der Waals surface area contributed by atoms with Gasteiger partial charge in [0.1, 0.15) is 3.70 Å². The molecule has 0 bridgehead atoms. The topological polar surface area (TPSA) is 26.0 Å². The molecule has 2 nitrogen and oxygen atoms in total. The zero-order chi connectivity index (χ0) is 6.97. The fraction of sp³-hybridized carbons (Fsp3) is 0. The Morgan fingerprint density at radius 2 is 2.20 bits per heavy atom. The maximum atomic E-state index is 5.08. The summed E-state index contributed by atoms with van der Waals surface area (Å²) in [6.45, 7) is 0. The molecule has 0 fully saturated rings. The van der Waals surface area contributed by atoms with Gasteiger partial charge < -0.3 is 4.42 Å². The molecule has 0 aliphatic carbocycles. The number of rotatable bonds is 0. The van der Waals surface area contributed by atoms with Crippen molar-refractivity contribution in [1.29, 1.82) is 0 Å². The van der Waals surface area contributed by atoms with E-state index in [1.807, 2.05) is 18.2 Å². The van der Waals surface area contributed by atoms with Gasteiger partial charge in [-0.05, 0) is 40.8 Å². The monoisotopic (exact) mass is 245 g/mol. The molecule has 0 spiro atoms. The third kappa shape index (κ3) is 0.901. The lowest BCUT2D eigenvalue weighted by Gasteiger charge is -1.86. The number of hydrogen-bond donors (Lipinski definition) is 0. The highest BCUT2D eigenvalue weighted by Gasteiger charge is 1.96. The van der Waals surface area contributed by atoms with Crippen molar-refractivity contribution in [3.05, 3.63) is 28.2 Å². The van der Waals surface area contributed by atoms with E-state index in [0.29, 0.717) is 5.71 Å². The summed E-state index contributed by atoms with van der Waals surface area (Å²) in [6, 6.07) is 5.85. The first-order chi connectivity index (χ1) is 4.86. The molecule has 0 saturated carbocycles. The molecule has 2 heterocycles. The molecule has 0 aromatic carbocycles. The Bertz CT molecular complexity index is 355. The molecular weight excluding hydrogens is 241 g/mol. The van der Waals surface area contributed by atoms with Gasteiger partial charge in [0, 0.05) is 5.39 Å². The lowest BCUT2D eigenvalue weighted by Crippen LogP contribution is -1.76. The molecule has 0 radical (unpaired) electrons. The van der Waals surface area contributed by atoms with Gasteiger partial charge in [-0.15, -0.1) is 0 Å². The van der Waals surface area contributed by atoms with Crippen molar-refractivity contribution in [3.63, 3.8) is 0 Å². The Labute approximate surface area is 71.4 Å². The van der Waals surface area contributed by atoms with Gasteiger partial charge in [0.15, 0.2) is 0 Å². The molecule has 0 atom stereocenters. The fourth-order valence-electron chi connectivity index (χ4n) is 0.822. The van der Waals surface area contributed by atoms with Crippen molar-refractivity contribution >= 4 is 33.7 Å². The second kappa shape index (κ2) is 2.23. The van der Waals surface area contributed by atoms with Crippen LogP contribution in [-0.2, 0) is 0 Å². The van der Waals surface area contributed by atoms with Gasteiger partial charge in [-0.2, -0.15) is 0 Å². The summed E-state index contributed by atoms with van der Waals surface area (Å²) >= 11 is 2.15. The Hall–Kier alpha value is -0.580. The summed E-state index contributed by atoms with van der Waals surface area (Å²) in [4.78, 5) is 4.16. The first-order valence-electron chi connectivity index (χ1n) is 2.86. The van der Waals surface area contributed by atoms with Gasteiger partial charge in [0.25, 0.3) is 0 Å². The summed E-state index contributed by atoms with van der Waals surface area (Å²) < 4.78 is 6.04. The molecule has 0 unspecified atom stereocenters. The van der Waals surface area contributed by atoms with E-state index in [0.717, 1.165) is 9.09 Å². The predicted octanol–water partition coefficient (Wildman–Crippen LogP) is 2.43. The smallest absolute Gasteiger partial charge is 0.226 e. The van der Waals surface area contributed by atoms with Crippen LogP contribution < -0.4 is 0 Å². The van der Waals surface area contributed by atoms with E-state index in [1.54, 1.807) is 6.26 Å². The maximum Gasteiger partial charge on any atom is 0.226 e. The number of halogens is 1. The van der Waals surface area contributed by atoms with Crippen molar-refractivity contribution < 1.29 is 4.42 Å². The van der Waals surface area contributed by atoms with Gasteiger partial charge in [-0.25, -0.2) is 4.98 Å². The van der Waals surface area contributed by atoms with Gasteiger partial charge in [-0.1, -0.05) is 0 Å². The first kappa shape index (κ1) is 6.15. The Kier molecular flexibility index (Phi) is 1.37. The fourth-order valence-corrected chi connectivity index (χ4v) is 1.22. The molecule has 2 aromatic rings. The number of aromatic nitrogens is 1. The number of pyridine rings is 1. The van der Waals surface area contributed by atoms with Gasteiger partial charge >= 0.3 is 0 Å². The zero-order valence-electron chi connectivity index (χ0n) is 5.04. The van der Waals surface area contributed by atoms with Gasteiger partial charge in [-0.3, -0.25) is 0 Å². The maximum absolute atomic E-state index is 5.08. The standard InChI is InChI=1S/C7H4INO/c8-6-2-1-5-3-4-10-7(5)9-6/h1-4H. The largest absolute Gasteiger partial charge is 0.446 e. The molecule has 0 saturated heterocycles. The van der Waals surface area contributed by atoms with Crippen LogP contribution in [0.2, 0.25) is 0 Å². The summed E-state index contributed by atoms with van der Waals surface area (Å²) in [5.74, 6) is 0. The summed E-state index contributed by atoms with van der Waals surface area (Å²) in [7, 11) is 0. The van der Waals surface area contributed by atoms with E-state index < -0.39 is 0 Å². The van der Waals surface area contributed by atoms with Crippen molar-refractivity contribution in [2.45, 2.75) is 0 Å². The highest BCUT2D eigenvalue weighted by atomic mass is 127. The van der Waals surface area contributed by atoms with Crippen LogP contribution in [0.4, 0.5) is 0 Å². The van der Waals surface area contributed by atoms with Crippen LogP contribution in [0.25, 0.3) is 11.1 Å². The predicted molar refractivity (Wildman–Crippen MR) is 46.7 cm³/mol. The summed E-state index contributed by atoms with van der Waals surface area (Å²) in [6.07, 6.45) is 1.65. The van der Waals surface area contributed by atoms with E-state index in [4.69, 9.17) is 4.42 Å². The van der Waals surface area contributed by atoms with Gasteiger partial charge in [0.2, 0.25) is 5.71 Å². The molecule has 3 heteroatoms. The number of hydrogen-bond acceptors (Lipinski definition) is 2. The normalized spacial score (nSPS) is 10.5. The minimum absolute atomic E-state index is 0.715. The van der Waals surface area contributed by atoms with E-state index in [2.05, 4.69) is 27.6 Å². The van der Waals surface area contributed by atoms with Crippen LogP contribution in [-0.4, -0.2) is 4.98 Å². The molecule has 0 amide bonds. The minimum Gasteiger partial charge on any atom is -0.446 e. The first-order valence-corrected chi connectivity index (χ1v) is 3.94. The highest BCUT2D eigenvalue weighted by Crippen LogP contribution is 2.13. The number of fused-ring (bicyclic) bond motifs is 1. The van der Waals surface area contributed by atoms with E-state index in [1.165, 1.54) is 0 Å². The number of nitrogens with zero attached hydrogens (tertiary/aromatic N) is 1. The third-order valence-corrected chi connectivity index (χ3v) is 1.88. The zero-order valence-corrected chi connectivity index (χ0v) is 7.20. The van der Waals surface area contributed by atoms with Crippen molar-refractivity contribution in [3.8, 4) is 0 Å². The molecule has 2 aromatic heterocycles. The summed E-state index contributed by atoms with van der Waals surface area (Å²) in [5, 5.41) is 1.06. The number of furan rings is 1. The van der Waals surface area contributed by atoms with E-state index in [9.17, 15) is 0 Å². The third-order valence-electron chi connectivity index (χ3n) is 1.28. The lowest BCUT2D eigenvalue weighted by atomic mass is 10.4. The second-order valence-corrected chi connectivity index (χ2v) is 3.05. The molecule has 0 aliphatic heterocycles. The average molecular weight is 245 g/mol. The molecule has 0 N–H and O–H groups in total. The van der Waals surface area contributed by atoms with Crippen LogP contribution >= 0.6 is 22.6 Å². The van der Waals surface area contributed by atoms with Gasteiger partial charge in [0.05, 0.1) is 6.26 Å². The molecule has 0 aliphatic rings. The second-order valence-electron chi connectivity index (χ2n) is 1.95. The average Bonchev–Trinajstić information content (AvgIpc) is 2.33. The van der Waals surface area contributed by atoms with Crippen LogP contribution in [0.5, 0.6) is 0 Å². The lowest BCUT2D eigenvalue weighted by molar-refractivity contribution is 0.602. The summed E-state index contributed by atoms with van der Waals surface area (Å²) in [5.41, 5.74) is 0.715. The molecule has 2 rings (SSSR count). The van der Waals surface area contributed by atoms with Crippen LogP contribution in [0.3, 0.4) is 0 Å². The highest BCUT2D eigenvalue weighted by molar-refractivity contribution is 14.1. The van der Waals surface area contributed by atoms with Crippen molar-refractivity contribution in [1.82, 2.24) is 4.98 Å². The Morgan fingerprint density at radius 3 is 3.10 bits per heavy atom. The van der Waals surface area contributed by atoms with Crippen molar-refractivity contribution in [2.75, 3.05) is 0 Å². The van der Waals surface area contributed by atoms with E-state index >= 15 is 0 Å². The molecule has 50 valence electrons. The Balaban J connectivity index is 2.86. The van der Waals surface area contributed by atoms with Crippen LogP contribution in [0, 0.1) is 3.70 Å². The minimum atomic E-state index is 0.715. The van der Waals surface area contributed by atoms with Crippen LogP contribution in [0.15, 0.2) is 28.9 Å². The Morgan fingerprint density at radius 1 is 1.30 bits per heavy atom. The van der Waals surface area contributed by atoms with E-state index in [-0.39, 0.29) is 0 Å². The van der Waals surface area contributed by atoms with Crippen molar-refractivity contribution in [2.24, 2.45) is 0 Å². The van der Waals surface area contributed by atoms with Crippen LogP contribution in [0.1, 0.15) is 0 Å².